The Balaban J connectivity index is 1.85. The van der Waals surface area contributed by atoms with Crippen molar-refractivity contribution >= 4 is 33.1 Å². The quantitative estimate of drug-likeness (QED) is 0.655. The van der Waals surface area contributed by atoms with Crippen LogP contribution in [0.3, 0.4) is 0 Å². The van der Waals surface area contributed by atoms with Gasteiger partial charge >= 0.3 is 0 Å². The fraction of sp³-hybridized carbons (Fsp3) is 0.222. The van der Waals surface area contributed by atoms with Crippen LogP contribution in [0.4, 0.5) is 5.69 Å². The molecule has 25 heavy (non-hydrogen) atoms. The SMILES string of the molecule is COc1cccc([C@@H]2NC(=O)c3sc4nc(C)cc(C)c4c3N2)c1O. The van der Waals surface area contributed by atoms with Crippen LogP contribution in [0.1, 0.15) is 32.7 Å². The Labute approximate surface area is 148 Å². The van der Waals surface area contributed by atoms with E-state index in [4.69, 9.17) is 4.74 Å². The molecule has 0 radical (unpaired) electrons. The van der Waals surface area contributed by atoms with E-state index in [1.807, 2.05) is 19.9 Å². The number of hydrogen-bond acceptors (Lipinski definition) is 6. The molecular weight excluding hydrogens is 338 g/mol. The Bertz CT molecular complexity index is 1010. The van der Waals surface area contributed by atoms with Gasteiger partial charge in [-0.3, -0.25) is 4.79 Å². The zero-order chi connectivity index (χ0) is 17.7. The number of carbonyl (C=O) groups is 1. The second-order valence-corrected chi connectivity index (χ2v) is 7.01. The molecule has 128 valence electrons. The summed E-state index contributed by atoms with van der Waals surface area (Å²) >= 11 is 1.37. The molecule has 4 rings (SSSR count). The highest BCUT2D eigenvalue weighted by molar-refractivity contribution is 7.21. The molecule has 3 N–H and O–H groups in total. The zero-order valence-electron chi connectivity index (χ0n) is 14.0. The van der Waals surface area contributed by atoms with Crippen molar-refractivity contribution < 1.29 is 14.6 Å². The number of ether oxygens (including phenoxy) is 1. The molecule has 0 unspecified atom stereocenters. The summed E-state index contributed by atoms with van der Waals surface area (Å²) in [6.45, 7) is 3.95. The molecule has 1 aliphatic rings. The fourth-order valence-electron chi connectivity index (χ4n) is 3.21. The molecule has 0 saturated heterocycles. The Kier molecular flexibility index (Phi) is 3.54. The van der Waals surface area contributed by atoms with Gasteiger partial charge in [-0.15, -0.1) is 11.3 Å². The van der Waals surface area contributed by atoms with Crippen molar-refractivity contribution in [1.29, 1.82) is 0 Å². The summed E-state index contributed by atoms with van der Waals surface area (Å²) in [5.74, 6) is 0.195. The molecule has 0 saturated carbocycles. The number of phenols is 1. The number of para-hydroxylation sites is 1. The smallest absolute Gasteiger partial charge is 0.265 e. The summed E-state index contributed by atoms with van der Waals surface area (Å²) in [5.41, 5.74) is 3.30. The lowest BCUT2D eigenvalue weighted by Gasteiger charge is -2.27. The number of benzene rings is 1. The molecule has 0 fully saturated rings. The molecule has 1 atom stereocenters. The lowest BCUT2D eigenvalue weighted by atomic mass is 10.1. The van der Waals surface area contributed by atoms with Gasteiger partial charge in [-0.1, -0.05) is 12.1 Å². The minimum Gasteiger partial charge on any atom is -0.504 e. The van der Waals surface area contributed by atoms with Crippen LogP contribution >= 0.6 is 11.3 Å². The highest BCUT2D eigenvalue weighted by Gasteiger charge is 2.31. The minimum absolute atomic E-state index is 0.0106. The van der Waals surface area contributed by atoms with Gasteiger partial charge in [-0.25, -0.2) is 4.98 Å². The van der Waals surface area contributed by atoms with Gasteiger partial charge < -0.3 is 20.5 Å². The first-order valence-corrected chi connectivity index (χ1v) is 8.65. The number of fused-ring (bicyclic) bond motifs is 3. The van der Waals surface area contributed by atoms with Crippen LogP contribution in [0.5, 0.6) is 11.5 Å². The highest BCUT2D eigenvalue weighted by Crippen LogP contribution is 2.42. The van der Waals surface area contributed by atoms with E-state index >= 15 is 0 Å². The molecule has 1 amide bonds. The van der Waals surface area contributed by atoms with E-state index in [1.54, 1.807) is 18.2 Å². The third-order valence-corrected chi connectivity index (χ3v) is 5.40. The number of nitrogens with one attached hydrogen (secondary N) is 2. The maximum atomic E-state index is 12.6. The van der Waals surface area contributed by atoms with Crippen LogP contribution in [0.15, 0.2) is 24.3 Å². The van der Waals surface area contributed by atoms with Crippen molar-refractivity contribution in [3.63, 3.8) is 0 Å². The van der Waals surface area contributed by atoms with Gasteiger partial charge in [0.1, 0.15) is 15.9 Å². The third kappa shape index (κ3) is 2.39. The second-order valence-electron chi connectivity index (χ2n) is 6.02. The van der Waals surface area contributed by atoms with Gasteiger partial charge in [0, 0.05) is 16.6 Å². The van der Waals surface area contributed by atoms with Gasteiger partial charge in [0.2, 0.25) is 0 Å². The monoisotopic (exact) mass is 355 g/mol. The van der Waals surface area contributed by atoms with Crippen LogP contribution in [-0.2, 0) is 0 Å². The van der Waals surface area contributed by atoms with Crippen molar-refractivity contribution in [1.82, 2.24) is 10.3 Å². The van der Waals surface area contributed by atoms with Gasteiger partial charge in [-0.05, 0) is 31.5 Å². The number of carbonyl (C=O) groups excluding carboxylic acids is 1. The lowest BCUT2D eigenvalue weighted by molar-refractivity contribution is 0.0940. The molecule has 1 aliphatic heterocycles. The average Bonchev–Trinajstić information content (AvgIpc) is 2.94. The van der Waals surface area contributed by atoms with Crippen LogP contribution in [-0.4, -0.2) is 23.1 Å². The van der Waals surface area contributed by atoms with Crippen molar-refractivity contribution in [3.05, 3.63) is 46.0 Å². The molecule has 7 heteroatoms. The molecule has 1 aromatic carbocycles. The lowest BCUT2D eigenvalue weighted by Crippen LogP contribution is -2.37. The maximum absolute atomic E-state index is 12.6. The van der Waals surface area contributed by atoms with Gasteiger partial charge in [-0.2, -0.15) is 0 Å². The predicted molar refractivity (Wildman–Crippen MR) is 97.6 cm³/mol. The van der Waals surface area contributed by atoms with E-state index in [2.05, 4.69) is 15.6 Å². The van der Waals surface area contributed by atoms with E-state index in [0.717, 1.165) is 27.2 Å². The van der Waals surface area contributed by atoms with Crippen molar-refractivity contribution in [2.45, 2.75) is 20.0 Å². The number of aromatic hydroxyl groups is 1. The molecule has 3 aromatic rings. The van der Waals surface area contributed by atoms with Crippen molar-refractivity contribution in [2.75, 3.05) is 12.4 Å². The van der Waals surface area contributed by atoms with E-state index < -0.39 is 6.17 Å². The van der Waals surface area contributed by atoms with Crippen molar-refractivity contribution in [2.24, 2.45) is 0 Å². The number of aryl methyl sites for hydroxylation is 2. The second kappa shape index (κ2) is 5.63. The Morgan fingerprint density at radius 3 is 2.84 bits per heavy atom. The topological polar surface area (TPSA) is 83.5 Å². The predicted octanol–water partition coefficient (Wildman–Crippen LogP) is 3.48. The fourth-order valence-corrected chi connectivity index (χ4v) is 4.37. The minimum atomic E-state index is -0.548. The Morgan fingerprint density at radius 1 is 1.28 bits per heavy atom. The highest BCUT2D eigenvalue weighted by atomic mass is 32.1. The molecule has 2 aromatic heterocycles. The number of amides is 1. The van der Waals surface area contributed by atoms with Gasteiger partial charge in [0.15, 0.2) is 11.5 Å². The summed E-state index contributed by atoms with van der Waals surface area (Å²) in [7, 11) is 1.49. The van der Waals surface area contributed by atoms with E-state index in [1.165, 1.54) is 18.4 Å². The van der Waals surface area contributed by atoms with E-state index in [0.29, 0.717) is 16.2 Å². The number of phenolic OH excluding ortho intramolecular Hbond substituents is 1. The number of anilines is 1. The standard InChI is InChI=1S/C18H17N3O3S/c1-8-7-9(2)19-18-12(8)13-15(25-18)17(23)21-16(20-13)10-5-4-6-11(24-3)14(10)22/h4-7,16,20,22H,1-3H3,(H,21,23)/t16-/m0/s1. The summed E-state index contributed by atoms with van der Waals surface area (Å²) in [5, 5.41) is 17.6. The Morgan fingerprint density at radius 2 is 2.08 bits per heavy atom. The number of aromatic nitrogens is 1. The van der Waals surface area contributed by atoms with Crippen LogP contribution in [0, 0.1) is 13.8 Å². The number of thiophene rings is 1. The molecule has 0 aliphatic carbocycles. The van der Waals surface area contributed by atoms with Crippen LogP contribution in [0.2, 0.25) is 0 Å². The Hall–Kier alpha value is -2.80. The first-order valence-electron chi connectivity index (χ1n) is 7.83. The summed E-state index contributed by atoms with van der Waals surface area (Å²) in [6.07, 6.45) is -0.548. The molecular formula is C18H17N3O3S. The molecule has 3 heterocycles. The van der Waals surface area contributed by atoms with E-state index in [-0.39, 0.29) is 11.7 Å². The zero-order valence-corrected chi connectivity index (χ0v) is 14.8. The third-order valence-electron chi connectivity index (χ3n) is 4.32. The average molecular weight is 355 g/mol. The number of hydrogen-bond donors (Lipinski definition) is 3. The van der Waals surface area contributed by atoms with Gasteiger partial charge in [0.25, 0.3) is 5.91 Å². The summed E-state index contributed by atoms with van der Waals surface area (Å²) in [6, 6.07) is 7.21. The number of pyridine rings is 1. The summed E-state index contributed by atoms with van der Waals surface area (Å²) < 4.78 is 5.16. The van der Waals surface area contributed by atoms with Gasteiger partial charge in [0.05, 0.1) is 12.8 Å². The number of methoxy groups -OCH3 is 1. The number of rotatable bonds is 2. The molecule has 0 spiro atoms. The normalized spacial score (nSPS) is 16.3. The largest absolute Gasteiger partial charge is 0.504 e. The molecule has 6 nitrogen and oxygen atoms in total. The number of nitrogens with zero attached hydrogens (tertiary/aromatic N) is 1. The summed E-state index contributed by atoms with van der Waals surface area (Å²) in [4.78, 5) is 18.6. The van der Waals surface area contributed by atoms with E-state index in [9.17, 15) is 9.90 Å². The van der Waals surface area contributed by atoms with Crippen LogP contribution in [0.25, 0.3) is 10.2 Å². The maximum Gasteiger partial charge on any atom is 0.265 e. The van der Waals surface area contributed by atoms with Crippen molar-refractivity contribution in [3.8, 4) is 11.5 Å². The first-order chi connectivity index (χ1) is 12.0. The molecule has 0 bridgehead atoms. The first kappa shape index (κ1) is 15.7. The van der Waals surface area contributed by atoms with Crippen LogP contribution < -0.4 is 15.4 Å².